The zero-order valence-electron chi connectivity index (χ0n) is 17.5. The van der Waals surface area contributed by atoms with Crippen molar-refractivity contribution in [3.05, 3.63) is 58.6 Å². The Balaban J connectivity index is 1.89. The lowest BCUT2D eigenvalue weighted by Crippen LogP contribution is -2.46. The van der Waals surface area contributed by atoms with Gasteiger partial charge >= 0.3 is 0 Å². The zero-order valence-corrected chi connectivity index (χ0v) is 18.3. The molecule has 0 unspecified atom stereocenters. The summed E-state index contributed by atoms with van der Waals surface area (Å²) in [4.78, 5) is 15.3. The van der Waals surface area contributed by atoms with Crippen LogP contribution in [0.1, 0.15) is 13.3 Å². The van der Waals surface area contributed by atoms with Gasteiger partial charge in [0.05, 0.1) is 15.5 Å². The summed E-state index contributed by atoms with van der Waals surface area (Å²) in [5, 5.41) is 11.8. The van der Waals surface area contributed by atoms with Gasteiger partial charge in [0, 0.05) is 51.8 Å². The van der Waals surface area contributed by atoms with Crippen molar-refractivity contribution in [2.75, 3.05) is 48.5 Å². The molecule has 0 amide bonds. The van der Waals surface area contributed by atoms with Crippen molar-refractivity contribution in [2.24, 2.45) is 0 Å². The molecule has 31 heavy (non-hydrogen) atoms. The first kappa shape index (κ1) is 22.6. The number of piperazine rings is 1. The Morgan fingerprint density at radius 1 is 1.13 bits per heavy atom. The van der Waals surface area contributed by atoms with E-state index in [4.69, 9.17) is 6.42 Å². The normalized spacial score (nSPS) is 14.8. The number of rotatable bonds is 8. The van der Waals surface area contributed by atoms with Gasteiger partial charge in [-0.2, -0.15) is 0 Å². The van der Waals surface area contributed by atoms with Crippen molar-refractivity contribution >= 4 is 27.1 Å². The summed E-state index contributed by atoms with van der Waals surface area (Å²) in [6, 6.07) is 12.9. The Bertz CT molecular complexity index is 1060. The van der Waals surface area contributed by atoms with Gasteiger partial charge < -0.3 is 4.90 Å². The van der Waals surface area contributed by atoms with Crippen LogP contribution in [-0.4, -0.2) is 57.5 Å². The monoisotopic (exact) mass is 442 g/mol. The average molecular weight is 443 g/mol. The molecule has 0 aromatic heterocycles. The molecule has 164 valence electrons. The largest absolute Gasteiger partial charge is 0.363 e. The number of hydrogen-bond acceptors (Lipinski definition) is 6. The molecule has 1 fully saturated rings. The number of terminal acetylenes is 1. The quantitative estimate of drug-likeness (QED) is 0.355. The van der Waals surface area contributed by atoms with E-state index in [0.717, 1.165) is 19.6 Å². The molecule has 2 aromatic rings. The van der Waals surface area contributed by atoms with Gasteiger partial charge in [-0.25, -0.2) is 8.42 Å². The maximum atomic E-state index is 13.2. The SMILES string of the molecule is C#CCCN1CCN(c2ccc(S(=O)(=O)N(CC)c3ccccc3)cc2[N+](=O)[O-])CC1. The summed E-state index contributed by atoms with van der Waals surface area (Å²) >= 11 is 0. The van der Waals surface area contributed by atoms with Crippen LogP contribution in [0, 0.1) is 22.5 Å². The van der Waals surface area contributed by atoms with Crippen molar-refractivity contribution in [1.82, 2.24) is 4.90 Å². The van der Waals surface area contributed by atoms with Gasteiger partial charge in [0.1, 0.15) is 5.69 Å². The van der Waals surface area contributed by atoms with Crippen LogP contribution in [0.3, 0.4) is 0 Å². The smallest absolute Gasteiger partial charge is 0.293 e. The number of nitro benzene ring substituents is 1. The van der Waals surface area contributed by atoms with Crippen LogP contribution in [0.5, 0.6) is 0 Å². The molecule has 0 atom stereocenters. The van der Waals surface area contributed by atoms with Crippen LogP contribution in [0.2, 0.25) is 0 Å². The average Bonchev–Trinajstić information content (AvgIpc) is 2.78. The molecule has 1 heterocycles. The maximum absolute atomic E-state index is 13.2. The first-order valence-electron chi connectivity index (χ1n) is 10.2. The second-order valence-corrected chi connectivity index (χ2v) is 9.06. The fraction of sp³-hybridized carbons (Fsp3) is 0.364. The van der Waals surface area contributed by atoms with E-state index < -0.39 is 14.9 Å². The Hall–Kier alpha value is -3.09. The molecule has 0 aliphatic carbocycles. The van der Waals surface area contributed by atoms with Gasteiger partial charge in [-0.1, -0.05) is 18.2 Å². The van der Waals surface area contributed by atoms with E-state index in [1.807, 2.05) is 4.90 Å². The topological polar surface area (TPSA) is 87.0 Å². The molecule has 1 aliphatic heterocycles. The Morgan fingerprint density at radius 2 is 1.81 bits per heavy atom. The van der Waals surface area contributed by atoms with Gasteiger partial charge in [0.2, 0.25) is 0 Å². The highest BCUT2D eigenvalue weighted by atomic mass is 32.2. The molecule has 0 N–H and O–H groups in total. The highest BCUT2D eigenvalue weighted by Gasteiger charge is 2.29. The third-order valence-corrected chi connectivity index (χ3v) is 7.25. The molecule has 0 saturated carbocycles. The van der Waals surface area contributed by atoms with Crippen LogP contribution in [0.4, 0.5) is 17.1 Å². The Kier molecular flexibility index (Phi) is 7.15. The number of hydrogen-bond donors (Lipinski definition) is 0. The highest BCUT2D eigenvalue weighted by molar-refractivity contribution is 7.92. The lowest BCUT2D eigenvalue weighted by Gasteiger charge is -2.35. The van der Waals surface area contributed by atoms with E-state index in [1.165, 1.54) is 16.4 Å². The number of anilines is 2. The number of benzene rings is 2. The maximum Gasteiger partial charge on any atom is 0.293 e. The van der Waals surface area contributed by atoms with Crippen molar-refractivity contribution in [3.63, 3.8) is 0 Å². The molecule has 0 spiro atoms. The third kappa shape index (κ3) is 4.98. The first-order valence-corrected chi connectivity index (χ1v) is 11.6. The fourth-order valence-electron chi connectivity index (χ4n) is 3.73. The minimum atomic E-state index is -3.94. The van der Waals surface area contributed by atoms with E-state index in [2.05, 4.69) is 10.8 Å². The van der Waals surface area contributed by atoms with E-state index in [0.29, 0.717) is 30.9 Å². The van der Waals surface area contributed by atoms with Crippen LogP contribution in [0.15, 0.2) is 53.4 Å². The third-order valence-electron chi connectivity index (χ3n) is 5.35. The number of nitrogens with zero attached hydrogens (tertiary/aromatic N) is 4. The predicted molar refractivity (Wildman–Crippen MR) is 122 cm³/mol. The predicted octanol–water partition coefficient (Wildman–Crippen LogP) is 2.96. The molecule has 0 bridgehead atoms. The van der Waals surface area contributed by atoms with E-state index in [-0.39, 0.29) is 17.1 Å². The van der Waals surface area contributed by atoms with Gasteiger partial charge in [-0.3, -0.25) is 19.3 Å². The summed E-state index contributed by atoms with van der Waals surface area (Å²) < 4.78 is 27.7. The number of para-hydroxylation sites is 1. The van der Waals surface area contributed by atoms with Crippen LogP contribution in [-0.2, 0) is 10.0 Å². The molecule has 9 heteroatoms. The number of nitro groups is 1. The molecule has 1 aliphatic rings. The van der Waals surface area contributed by atoms with E-state index >= 15 is 0 Å². The van der Waals surface area contributed by atoms with Crippen molar-refractivity contribution in [1.29, 1.82) is 0 Å². The summed E-state index contributed by atoms with van der Waals surface area (Å²) in [7, 11) is -3.94. The van der Waals surface area contributed by atoms with Gasteiger partial charge in [-0.05, 0) is 31.2 Å². The second kappa shape index (κ2) is 9.81. The molecular weight excluding hydrogens is 416 g/mol. The van der Waals surface area contributed by atoms with Crippen molar-refractivity contribution in [3.8, 4) is 12.3 Å². The van der Waals surface area contributed by atoms with Gasteiger partial charge in [0.25, 0.3) is 15.7 Å². The van der Waals surface area contributed by atoms with Crippen LogP contribution < -0.4 is 9.21 Å². The minimum Gasteiger partial charge on any atom is -0.363 e. The molecule has 8 nitrogen and oxygen atoms in total. The van der Waals surface area contributed by atoms with Crippen molar-refractivity contribution in [2.45, 2.75) is 18.2 Å². The summed E-state index contributed by atoms with van der Waals surface area (Å²) in [6.45, 7) is 5.46. The van der Waals surface area contributed by atoms with Gasteiger partial charge in [-0.15, -0.1) is 12.3 Å². The van der Waals surface area contributed by atoms with E-state index in [1.54, 1.807) is 43.3 Å². The molecule has 1 saturated heterocycles. The van der Waals surface area contributed by atoms with Crippen molar-refractivity contribution < 1.29 is 13.3 Å². The molecular formula is C22H26N4O4S. The fourth-order valence-corrected chi connectivity index (χ4v) is 5.22. The zero-order chi connectivity index (χ0) is 22.4. The summed E-state index contributed by atoms with van der Waals surface area (Å²) in [5.74, 6) is 2.62. The van der Waals surface area contributed by atoms with Crippen LogP contribution in [0.25, 0.3) is 0 Å². The Labute approximate surface area is 183 Å². The molecule has 0 radical (unpaired) electrons. The lowest BCUT2D eigenvalue weighted by atomic mass is 10.2. The number of sulfonamides is 1. The molecule has 2 aromatic carbocycles. The minimum absolute atomic E-state index is 0.0960. The molecule has 3 rings (SSSR count). The second-order valence-electron chi connectivity index (χ2n) is 7.20. The van der Waals surface area contributed by atoms with Gasteiger partial charge in [0.15, 0.2) is 0 Å². The first-order chi connectivity index (χ1) is 14.9. The summed E-state index contributed by atoms with van der Waals surface area (Å²) in [6.07, 6.45) is 5.99. The Morgan fingerprint density at radius 3 is 2.39 bits per heavy atom. The highest BCUT2D eigenvalue weighted by Crippen LogP contribution is 2.33. The van der Waals surface area contributed by atoms with Crippen LogP contribution >= 0.6 is 0 Å². The van der Waals surface area contributed by atoms with E-state index in [9.17, 15) is 18.5 Å². The summed E-state index contributed by atoms with van der Waals surface area (Å²) in [5.41, 5.74) is 0.741. The lowest BCUT2D eigenvalue weighted by molar-refractivity contribution is -0.384. The standard InChI is InChI=1S/C22H26N4O4S/c1-3-5-13-23-14-16-24(17-15-23)21-12-11-20(18-22(21)26(27)28)31(29,30)25(4-2)19-9-7-6-8-10-19/h1,6-12,18H,4-5,13-17H2,2H3.